The molecule has 4 N–H and O–H groups in total. The quantitative estimate of drug-likeness (QED) is 0.381. The second-order valence-electron chi connectivity index (χ2n) is 2.13. The first-order valence-electron chi connectivity index (χ1n) is 4.05. The molecule has 0 saturated heterocycles. The number of aliphatic carboxylic acids is 1. The lowest BCUT2D eigenvalue weighted by molar-refractivity contribution is -0.134. The molecule has 86 valence electrons. The van der Waals surface area contributed by atoms with Gasteiger partial charge in [-0.25, -0.2) is 0 Å². The summed E-state index contributed by atoms with van der Waals surface area (Å²) >= 11 is 0. The van der Waals surface area contributed by atoms with Gasteiger partial charge in [-0.1, -0.05) is 0 Å². The zero-order valence-electron chi connectivity index (χ0n) is 8.22. The molecule has 0 rings (SSSR count). The largest absolute Gasteiger partial charge is 0.483 e. The molecule has 0 saturated carbocycles. The number of carbonyl (C=O) groups is 2. The maximum Gasteiger partial charge on any atom is 0.300 e. The Morgan fingerprint density at radius 3 is 1.50 bits per heavy atom. The van der Waals surface area contributed by atoms with Crippen LogP contribution in [-0.4, -0.2) is 46.1 Å². The predicted molar refractivity (Wildman–Crippen MR) is 50.0 cm³/mol. The third kappa shape index (κ3) is 129. The summed E-state index contributed by atoms with van der Waals surface area (Å²) in [5.41, 5.74) is 0. The van der Waals surface area contributed by atoms with Gasteiger partial charge in [0.2, 0.25) is 0 Å². The zero-order chi connectivity index (χ0) is 11.8. The summed E-state index contributed by atoms with van der Waals surface area (Å²) in [4.78, 5) is 17.4. The molecule has 0 heterocycles. The Morgan fingerprint density at radius 2 is 1.36 bits per heavy atom. The lowest BCUT2D eigenvalue weighted by Crippen LogP contribution is -1.85. The van der Waals surface area contributed by atoms with E-state index in [1.54, 1.807) is 0 Å². The van der Waals surface area contributed by atoms with Gasteiger partial charge in [0.1, 0.15) is 0 Å². The van der Waals surface area contributed by atoms with Gasteiger partial charge < -0.3 is 20.4 Å². The Labute approximate surface area is 82.8 Å². The number of aliphatic hydroxyl groups excluding tert-OH is 2. The smallest absolute Gasteiger partial charge is 0.300 e. The molecule has 0 aromatic rings. The van der Waals surface area contributed by atoms with E-state index in [-0.39, 0.29) is 19.7 Å². The average molecular weight is 210 g/mol. The standard InChI is InChI=1S/C5H12O2.C2H4O2.CH2O2/c6-4-2-1-3-5-7;1-2(3)4;2-1-3/h6-7H,1-5H2;1H3,(H,3,4);1H,(H,2,3). The molecule has 6 nitrogen and oxygen atoms in total. The summed E-state index contributed by atoms with van der Waals surface area (Å²) in [6.45, 7) is 1.33. The first kappa shape index (κ1) is 18.6. The second-order valence-corrected chi connectivity index (χ2v) is 2.13. The first-order chi connectivity index (χ1) is 6.56. The molecule has 0 fully saturated rings. The summed E-state index contributed by atoms with van der Waals surface area (Å²) in [6, 6.07) is 0. The molecule has 0 atom stereocenters. The van der Waals surface area contributed by atoms with Crippen LogP contribution in [0.3, 0.4) is 0 Å². The Kier molecular flexibility index (Phi) is 30.1. The lowest BCUT2D eigenvalue weighted by Gasteiger charge is -1.90. The highest BCUT2D eigenvalue weighted by molar-refractivity contribution is 5.62. The molecule has 0 spiro atoms. The zero-order valence-corrected chi connectivity index (χ0v) is 8.22. The molecule has 0 aliphatic rings. The van der Waals surface area contributed by atoms with Gasteiger partial charge in [0.05, 0.1) is 0 Å². The average Bonchev–Trinajstić information content (AvgIpc) is 2.06. The summed E-state index contributed by atoms with van der Waals surface area (Å²) in [5.74, 6) is -0.833. The second kappa shape index (κ2) is 22.6. The minimum atomic E-state index is -0.833. The van der Waals surface area contributed by atoms with E-state index in [1.165, 1.54) is 0 Å². The minimum Gasteiger partial charge on any atom is -0.483 e. The Bertz CT molecular complexity index is 106. The molecule has 0 aliphatic carbocycles. The molecular weight excluding hydrogens is 192 g/mol. The van der Waals surface area contributed by atoms with Crippen molar-refractivity contribution in [3.63, 3.8) is 0 Å². The third-order valence-corrected chi connectivity index (χ3v) is 0.816. The number of hydrogen-bond donors (Lipinski definition) is 4. The molecule has 6 heteroatoms. The Balaban J connectivity index is -0.000000147. The van der Waals surface area contributed by atoms with E-state index in [1.807, 2.05) is 0 Å². The highest BCUT2D eigenvalue weighted by Gasteiger charge is 1.81. The van der Waals surface area contributed by atoms with Crippen molar-refractivity contribution in [3.05, 3.63) is 0 Å². The van der Waals surface area contributed by atoms with E-state index in [9.17, 15) is 0 Å². The van der Waals surface area contributed by atoms with Crippen molar-refractivity contribution in [1.82, 2.24) is 0 Å². The number of carboxylic acid groups (broad SMARTS) is 2. The molecule has 0 amide bonds. The Morgan fingerprint density at radius 1 is 1.14 bits per heavy atom. The van der Waals surface area contributed by atoms with Crippen molar-refractivity contribution < 1.29 is 30.0 Å². The van der Waals surface area contributed by atoms with Crippen LogP contribution in [0.15, 0.2) is 0 Å². The van der Waals surface area contributed by atoms with Crippen molar-refractivity contribution in [2.45, 2.75) is 26.2 Å². The van der Waals surface area contributed by atoms with Gasteiger partial charge in [0.15, 0.2) is 0 Å². The van der Waals surface area contributed by atoms with Crippen LogP contribution in [0.5, 0.6) is 0 Å². The molecule has 0 aliphatic heterocycles. The topological polar surface area (TPSA) is 115 Å². The fourth-order valence-electron chi connectivity index (χ4n) is 0.400. The van der Waals surface area contributed by atoms with Gasteiger partial charge in [0.25, 0.3) is 12.4 Å². The first-order valence-corrected chi connectivity index (χ1v) is 4.05. The third-order valence-electron chi connectivity index (χ3n) is 0.816. The van der Waals surface area contributed by atoms with Crippen molar-refractivity contribution in [2.75, 3.05) is 13.2 Å². The maximum atomic E-state index is 9.00. The van der Waals surface area contributed by atoms with E-state index in [2.05, 4.69) is 0 Å². The van der Waals surface area contributed by atoms with Crippen LogP contribution >= 0.6 is 0 Å². The van der Waals surface area contributed by atoms with Crippen LogP contribution in [0, 0.1) is 0 Å². The van der Waals surface area contributed by atoms with E-state index in [0.29, 0.717) is 0 Å². The fraction of sp³-hybridized carbons (Fsp3) is 0.750. The number of hydrogen-bond acceptors (Lipinski definition) is 4. The van der Waals surface area contributed by atoms with Crippen LogP contribution in [-0.2, 0) is 9.59 Å². The van der Waals surface area contributed by atoms with Crippen LogP contribution in [0.4, 0.5) is 0 Å². The monoisotopic (exact) mass is 210 g/mol. The molecule has 0 unspecified atom stereocenters. The van der Waals surface area contributed by atoms with Crippen LogP contribution < -0.4 is 0 Å². The van der Waals surface area contributed by atoms with Crippen LogP contribution in [0.2, 0.25) is 0 Å². The van der Waals surface area contributed by atoms with Gasteiger partial charge in [-0.05, 0) is 19.3 Å². The van der Waals surface area contributed by atoms with Crippen LogP contribution in [0.1, 0.15) is 26.2 Å². The normalized spacial score (nSPS) is 7.36. The molecular formula is C8H18O6. The van der Waals surface area contributed by atoms with Crippen molar-refractivity contribution >= 4 is 12.4 Å². The van der Waals surface area contributed by atoms with Crippen molar-refractivity contribution in [1.29, 1.82) is 0 Å². The van der Waals surface area contributed by atoms with Gasteiger partial charge in [-0.15, -0.1) is 0 Å². The van der Waals surface area contributed by atoms with E-state index >= 15 is 0 Å². The number of aliphatic hydroxyl groups is 2. The van der Waals surface area contributed by atoms with E-state index < -0.39 is 5.97 Å². The molecule has 0 aromatic heterocycles. The number of carboxylic acids is 1. The summed E-state index contributed by atoms with van der Waals surface area (Å²) < 4.78 is 0. The SMILES string of the molecule is CC(=O)O.O=CO.OCCCCCO. The number of unbranched alkanes of at least 4 members (excludes halogenated alkanes) is 2. The highest BCUT2D eigenvalue weighted by Crippen LogP contribution is 1.90. The van der Waals surface area contributed by atoms with Crippen molar-refractivity contribution in [2.24, 2.45) is 0 Å². The molecule has 14 heavy (non-hydrogen) atoms. The molecule has 0 radical (unpaired) electrons. The van der Waals surface area contributed by atoms with Gasteiger partial charge >= 0.3 is 0 Å². The predicted octanol–water partition coefficient (Wildman–Crippen LogP) is -0.0670. The Hall–Kier alpha value is -1.14. The van der Waals surface area contributed by atoms with Gasteiger partial charge in [-0.2, -0.15) is 0 Å². The molecule has 0 bridgehead atoms. The molecule has 0 aromatic carbocycles. The number of rotatable bonds is 4. The van der Waals surface area contributed by atoms with E-state index in [0.717, 1.165) is 26.2 Å². The minimum absolute atomic E-state index is 0.250. The summed E-state index contributed by atoms with van der Waals surface area (Å²) in [5, 5.41) is 30.7. The van der Waals surface area contributed by atoms with Gasteiger partial charge in [-0.3, -0.25) is 9.59 Å². The highest BCUT2D eigenvalue weighted by atomic mass is 16.4. The van der Waals surface area contributed by atoms with Gasteiger partial charge in [0, 0.05) is 20.1 Å². The van der Waals surface area contributed by atoms with Crippen LogP contribution in [0.25, 0.3) is 0 Å². The van der Waals surface area contributed by atoms with E-state index in [4.69, 9.17) is 30.0 Å². The summed E-state index contributed by atoms with van der Waals surface area (Å²) in [7, 11) is 0. The maximum absolute atomic E-state index is 9.00. The fourth-order valence-corrected chi connectivity index (χ4v) is 0.400. The lowest BCUT2D eigenvalue weighted by atomic mass is 10.2. The van der Waals surface area contributed by atoms with Crippen molar-refractivity contribution in [3.8, 4) is 0 Å². The summed E-state index contributed by atoms with van der Waals surface area (Å²) in [6.07, 6.45) is 2.58.